The van der Waals surface area contributed by atoms with E-state index in [-0.39, 0.29) is 0 Å². The second kappa shape index (κ2) is 5.36. The number of aliphatic carboxylic acids is 1. The highest BCUT2D eigenvalue weighted by Crippen LogP contribution is 2.38. The zero-order valence-corrected chi connectivity index (χ0v) is 10.7. The Balaban J connectivity index is 1.91. The summed E-state index contributed by atoms with van der Waals surface area (Å²) in [6.45, 7) is 3.47. The minimum atomic E-state index is -0.663. The molecular weight excluding hydrogens is 216 g/mol. The number of carboxylic acids is 1. The van der Waals surface area contributed by atoms with Gasteiger partial charge >= 0.3 is 5.97 Å². The number of likely N-dealkylation sites (tertiary alicyclic amines) is 1. The van der Waals surface area contributed by atoms with Gasteiger partial charge in [-0.05, 0) is 64.7 Å². The average Bonchev–Trinajstić information content (AvgIpc) is 2.96. The summed E-state index contributed by atoms with van der Waals surface area (Å²) in [6, 6.07) is 0. The normalized spacial score (nSPS) is 34.3. The van der Waals surface area contributed by atoms with Gasteiger partial charge in [0, 0.05) is 0 Å². The first-order valence-corrected chi connectivity index (χ1v) is 6.84. The molecule has 1 heterocycles. The Kier molecular flexibility index (Phi) is 4.05. The summed E-state index contributed by atoms with van der Waals surface area (Å²) in [6.07, 6.45) is 6.51. The molecular formula is C13H24N2O2. The molecule has 2 atom stereocenters. The number of carbonyl (C=O) groups is 1. The molecule has 0 radical (unpaired) electrons. The fraction of sp³-hybridized carbons (Fsp3) is 0.923. The van der Waals surface area contributed by atoms with Crippen LogP contribution in [0.4, 0.5) is 0 Å². The summed E-state index contributed by atoms with van der Waals surface area (Å²) in [5.41, 5.74) is -0.653. The number of likely N-dealkylation sites (N-methyl/N-ethyl adjacent to an activating group) is 1. The third-order valence-electron chi connectivity index (χ3n) is 4.64. The number of hydrogen-bond acceptors (Lipinski definition) is 3. The molecule has 1 aliphatic heterocycles. The Morgan fingerprint density at radius 3 is 2.71 bits per heavy atom. The Morgan fingerprint density at radius 2 is 2.12 bits per heavy atom. The second-order valence-electron chi connectivity index (χ2n) is 5.45. The number of carboxylic acid groups (broad SMARTS) is 1. The molecule has 1 saturated carbocycles. The maximum Gasteiger partial charge on any atom is 0.324 e. The third kappa shape index (κ3) is 2.47. The second-order valence-corrected chi connectivity index (χ2v) is 5.45. The molecule has 2 N–H and O–H groups in total. The molecule has 0 aromatic rings. The van der Waals surface area contributed by atoms with Crippen LogP contribution in [-0.2, 0) is 4.79 Å². The van der Waals surface area contributed by atoms with E-state index in [0.717, 1.165) is 32.2 Å². The Labute approximate surface area is 103 Å². The van der Waals surface area contributed by atoms with Crippen LogP contribution in [0.3, 0.4) is 0 Å². The Hall–Kier alpha value is -0.610. The van der Waals surface area contributed by atoms with Crippen molar-refractivity contribution in [1.29, 1.82) is 0 Å². The fourth-order valence-corrected chi connectivity index (χ4v) is 3.53. The summed E-state index contributed by atoms with van der Waals surface area (Å²) >= 11 is 0. The van der Waals surface area contributed by atoms with Gasteiger partial charge < -0.3 is 15.3 Å². The van der Waals surface area contributed by atoms with E-state index < -0.39 is 11.5 Å². The van der Waals surface area contributed by atoms with Gasteiger partial charge in [0.05, 0.1) is 0 Å². The van der Waals surface area contributed by atoms with Crippen molar-refractivity contribution in [2.45, 2.75) is 44.1 Å². The largest absolute Gasteiger partial charge is 0.480 e. The molecule has 0 spiro atoms. The molecule has 2 aliphatic rings. The van der Waals surface area contributed by atoms with Crippen LogP contribution in [0.2, 0.25) is 0 Å². The van der Waals surface area contributed by atoms with E-state index in [9.17, 15) is 9.90 Å². The number of nitrogens with one attached hydrogen (secondary N) is 1. The van der Waals surface area contributed by atoms with Gasteiger partial charge in [-0.1, -0.05) is 6.42 Å². The van der Waals surface area contributed by atoms with Crippen molar-refractivity contribution in [3.05, 3.63) is 0 Å². The van der Waals surface area contributed by atoms with Gasteiger partial charge in [0.25, 0.3) is 0 Å². The van der Waals surface area contributed by atoms with Crippen LogP contribution in [0.5, 0.6) is 0 Å². The predicted octanol–water partition coefficient (Wildman–Crippen LogP) is 1.32. The summed E-state index contributed by atoms with van der Waals surface area (Å²) in [5, 5.41) is 12.5. The highest BCUT2D eigenvalue weighted by atomic mass is 16.4. The van der Waals surface area contributed by atoms with Crippen LogP contribution in [0.1, 0.15) is 38.5 Å². The smallest absolute Gasteiger partial charge is 0.324 e. The first-order valence-electron chi connectivity index (χ1n) is 6.84. The summed E-state index contributed by atoms with van der Waals surface area (Å²) in [5.74, 6) is -0.366. The molecule has 0 amide bonds. The lowest BCUT2D eigenvalue weighted by molar-refractivity contribution is -0.146. The Morgan fingerprint density at radius 1 is 1.41 bits per heavy atom. The number of nitrogens with zero attached hydrogens (tertiary/aromatic N) is 1. The summed E-state index contributed by atoms with van der Waals surface area (Å²) in [7, 11) is 1.79. The zero-order valence-electron chi connectivity index (χ0n) is 10.7. The highest BCUT2D eigenvalue weighted by molar-refractivity contribution is 5.79. The van der Waals surface area contributed by atoms with Crippen LogP contribution < -0.4 is 5.32 Å². The van der Waals surface area contributed by atoms with Gasteiger partial charge in [0.1, 0.15) is 5.54 Å². The molecule has 2 unspecified atom stereocenters. The topological polar surface area (TPSA) is 52.6 Å². The van der Waals surface area contributed by atoms with Crippen LogP contribution in [0.15, 0.2) is 0 Å². The molecule has 2 rings (SSSR count). The van der Waals surface area contributed by atoms with E-state index in [4.69, 9.17) is 0 Å². The maximum absolute atomic E-state index is 11.5. The van der Waals surface area contributed by atoms with Crippen molar-refractivity contribution in [2.75, 3.05) is 26.7 Å². The quantitative estimate of drug-likeness (QED) is 0.761. The SMILES string of the molecule is CNC1(C(=O)O)CCCC1CCN1CCCC1. The first-order chi connectivity index (χ1) is 8.19. The predicted molar refractivity (Wildman–Crippen MR) is 67.1 cm³/mol. The average molecular weight is 240 g/mol. The zero-order chi connectivity index (χ0) is 12.3. The third-order valence-corrected chi connectivity index (χ3v) is 4.64. The maximum atomic E-state index is 11.5. The van der Waals surface area contributed by atoms with Crippen molar-refractivity contribution in [1.82, 2.24) is 10.2 Å². The standard InChI is InChI=1S/C13H24N2O2/c1-14-13(12(16)17)7-4-5-11(13)6-10-15-8-2-3-9-15/h11,14H,2-10H2,1H3,(H,16,17). The van der Waals surface area contributed by atoms with Crippen LogP contribution in [0.25, 0.3) is 0 Å². The molecule has 0 aromatic heterocycles. The lowest BCUT2D eigenvalue weighted by Crippen LogP contribution is -2.53. The van der Waals surface area contributed by atoms with Crippen molar-refractivity contribution in [3.8, 4) is 0 Å². The van der Waals surface area contributed by atoms with Crippen LogP contribution in [-0.4, -0.2) is 48.2 Å². The lowest BCUT2D eigenvalue weighted by atomic mass is 9.84. The van der Waals surface area contributed by atoms with Crippen LogP contribution >= 0.6 is 0 Å². The highest BCUT2D eigenvalue weighted by Gasteiger charge is 2.47. The number of rotatable bonds is 5. The fourth-order valence-electron chi connectivity index (χ4n) is 3.53. The monoisotopic (exact) mass is 240 g/mol. The van der Waals surface area contributed by atoms with Crippen molar-refractivity contribution >= 4 is 5.97 Å². The molecule has 17 heavy (non-hydrogen) atoms. The van der Waals surface area contributed by atoms with Gasteiger partial charge in [0.2, 0.25) is 0 Å². The van der Waals surface area contributed by atoms with E-state index in [1.807, 2.05) is 0 Å². The van der Waals surface area contributed by atoms with E-state index in [1.54, 1.807) is 7.05 Å². The van der Waals surface area contributed by atoms with Gasteiger partial charge in [-0.25, -0.2) is 0 Å². The number of hydrogen-bond donors (Lipinski definition) is 2. The molecule has 1 saturated heterocycles. The summed E-state index contributed by atoms with van der Waals surface area (Å²) in [4.78, 5) is 14.0. The molecule has 2 fully saturated rings. The van der Waals surface area contributed by atoms with E-state index in [1.165, 1.54) is 25.9 Å². The minimum absolute atomic E-state index is 0.297. The van der Waals surface area contributed by atoms with Crippen molar-refractivity contribution in [3.63, 3.8) is 0 Å². The van der Waals surface area contributed by atoms with E-state index in [0.29, 0.717) is 5.92 Å². The van der Waals surface area contributed by atoms with Gasteiger partial charge in [-0.2, -0.15) is 0 Å². The molecule has 4 nitrogen and oxygen atoms in total. The molecule has 0 aromatic carbocycles. The van der Waals surface area contributed by atoms with Crippen molar-refractivity contribution < 1.29 is 9.90 Å². The molecule has 98 valence electrons. The van der Waals surface area contributed by atoms with E-state index in [2.05, 4.69) is 10.2 Å². The Bertz CT molecular complexity index is 277. The molecule has 1 aliphatic carbocycles. The lowest BCUT2D eigenvalue weighted by Gasteiger charge is -2.32. The van der Waals surface area contributed by atoms with Gasteiger partial charge in [-0.15, -0.1) is 0 Å². The minimum Gasteiger partial charge on any atom is -0.480 e. The van der Waals surface area contributed by atoms with E-state index >= 15 is 0 Å². The molecule has 0 bridgehead atoms. The van der Waals surface area contributed by atoms with Crippen LogP contribution in [0, 0.1) is 5.92 Å². The summed E-state index contributed by atoms with van der Waals surface area (Å²) < 4.78 is 0. The van der Waals surface area contributed by atoms with Gasteiger partial charge in [0.15, 0.2) is 0 Å². The first kappa shape index (κ1) is 12.8. The molecule has 4 heteroatoms. The van der Waals surface area contributed by atoms with Gasteiger partial charge in [-0.3, -0.25) is 4.79 Å². The van der Waals surface area contributed by atoms with Crippen molar-refractivity contribution in [2.24, 2.45) is 5.92 Å².